The maximum absolute atomic E-state index is 11.6. The minimum atomic E-state index is -0.118. The van der Waals surface area contributed by atoms with Crippen molar-refractivity contribution in [3.63, 3.8) is 0 Å². The first kappa shape index (κ1) is 14.1. The zero-order chi connectivity index (χ0) is 11.7. The van der Waals surface area contributed by atoms with Gasteiger partial charge in [0.05, 0.1) is 0 Å². The first-order valence-corrected chi connectivity index (χ1v) is 5.94. The standard InChI is InChI=1S/C12H23NO2/c1-4-6-8-10-13(11(3)14)12(15)9-7-5-2/h4-10H2,1-3H3. The van der Waals surface area contributed by atoms with E-state index in [1.165, 1.54) is 11.8 Å². The molecule has 0 aliphatic rings. The molecule has 0 rings (SSSR count). The molecule has 3 nitrogen and oxygen atoms in total. The van der Waals surface area contributed by atoms with Gasteiger partial charge in [0, 0.05) is 19.9 Å². The molecule has 0 heterocycles. The van der Waals surface area contributed by atoms with Gasteiger partial charge in [-0.15, -0.1) is 0 Å². The van der Waals surface area contributed by atoms with Gasteiger partial charge in [-0.3, -0.25) is 14.5 Å². The van der Waals surface area contributed by atoms with Crippen molar-refractivity contribution in [1.29, 1.82) is 0 Å². The Labute approximate surface area is 92.8 Å². The molecule has 15 heavy (non-hydrogen) atoms. The molecule has 0 spiro atoms. The number of rotatable bonds is 7. The lowest BCUT2D eigenvalue weighted by atomic mass is 10.2. The summed E-state index contributed by atoms with van der Waals surface area (Å²) in [5.41, 5.74) is 0. The van der Waals surface area contributed by atoms with Gasteiger partial charge < -0.3 is 0 Å². The molecule has 2 amide bonds. The minimum absolute atomic E-state index is 0.0135. The number of amides is 2. The fourth-order valence-corrected chi connectivity index (χ4v) is 1.44. The van der Waals surface area contributed by atoms with Crippen molar-refractivity contribution in [2.45, 2.75) is 59.3 Å². The number of unbranched alkanes of at least 4 members (excludes halogenated alkanes) is 3. The summed E-state index contributed by atoms with van der Waals surface area (Å²) >= 11 is 0. The van der Waals surface area contributed by atoms with Crippen molar-refractivity contribution < 1.29 is 9.59 Å². The van der Waals surface area contributed by atoms with E-state index in [1.54, 1.807) is 0 Å². The van der Waals surface area contributed by atoms with Crippen LogP contribution < -0.4 is 0 Å². The molecule has 0 N–H and O–H groups in total. The van der Waals surface area contributed by atoms with Gasteiger partial charge in [0.15, 0.2) is 0 Å². The summed E-state index contributed by atoms with van der Waals surface area (Å²) in [5.74, 6) is -0.132. The Kier molecular flexibility index (Phi) is 7.96. The zero-order valence-electron chi connectivity index (χ0n) is 10.2. The number of hydrogen-bond donors (Lipinski definition) is 0. The van der Waals surface area contributed by atoms with E-state index in [1.807, 2.05) is 6.92 Å². The van der Waals surface area contributed by atoms with Crippen LogP contribution in [-0.4, -0.2) is 23.3 Å². The Morgan fingerprint density at radius 3 is 2.07 bits per heavy atom. The lowest BCUT2D eigenvalue weighted by Gasteiger charge is -2.18. The molecule has 0 aromatic rings. The minimum Gasteiger partial charge on any atom is -0.283 e. The van der Waals surface area contributed by atoms with E-state index in [9.17, 15) is 9.59 Å². The van der Waals surface area contributed by atoms with Crippen molar-refractivity contribution in [2.24, 2.45) is 0 Å². The second kappa shape index (κ2) is 8.45. The van der Waals surface area contributed by atoms with Crippen LogP contribution in [0.5, 0.6) is 0 Å². The molecule has 0 unspecified atom stereocenters. The van der Waals surface area contributed by atoms with Gasteiger partial charge in [0.2, 0.25) is 11.8 Å². The monoisotopic (exact) mass is 213 g/mol. The Hall–Kier alpha value is -0.860. The Bertz CT molecular complexity index is 202. The van der Waals surface area contributed by atoms with Crippen molar-refractivity contribution in [3.8, 4) is 0 Å². The van der Waals surface area contributed by atoms with Crippen molar-refractivity contribution in [3.05, 3.63) is 0 Å². The second-order valence-corrected chi connectivity index (χ2v) is 3.88. The normalized spacial score (nSPS) is 10.1. The molecule has 0 bridgehead atoms. The van der Waals surface area contributed by atoms with Crippen LogP contribution in [0.4, 0.5) is 0 Å². The highest BCUT2D eigenvalue weighted by molar-refractivity contribution is 5.94. The maximum atomic E-state index is 11.6. The van der Waals surface area contributed by atoms with E-state index in [0.29, 0.717) is 13.0 Å². The van der Waals surface area contributed by atoms with Gasteiger partial charge in [-0.25, -0.2) is 0 Å². The van der Waals surface area contributed by atoms with Gasteiger partial charge >= 0.3 is 0 Å². The van der Waals surface area contributed by atoms with Gasteiger partial charge in [0.25, 0.3) is 0 Å². The third kappa shape index (κ3) is 6.26. The Morgan fingerprint density at radius 1 is 1.00 bits per heavy atom. The smallest absolute Gasteiger partial charge is 0.229 e. The van der Waals surface area contributed by atoms with Crippen LogP contribution >= 0.6 is 0 Å². The molecule has 0 atom stereocenters. The lowest BCUT2D eigenvalue weighted by molar-refractivity contribution is -0.143. The van der Waals surface area contributed by atoms with Crippen LogP contribution in [0.2, 0.25) is 0 Å². The summed E-state index contributed by atoms with van der Waals surface area (Å²) in [6.45, 7) is 6.21. The molecule has 0 aromatic heterocycles. The van der Waals surface area contributed by atoms with Crippen LogP contribution in [0.15, 0.2) is 0 Å². The molecular weight excluding hydrogens is 190 g/mol. The summed E-state index contributed by atoms with van der Waals surface area (Å²) in [4.78, 5) is 24.3. The van der Waals surface area contributed by atoms with Crippen LogP contribution in [0.25, 0.3) is 0 Å². The van der Waals surface area contributed by atoms with Gasteiger partial charge in [0.1, 0.15) is 0 Å². The molecule has 0 aliphatic heterocycles. The fraction of sp³-hybridized carbons (Fsp3) is 0.833. The predicted molar refractivity (Wildman–Crippen MR) is 61.4 cm³/mol. The highest BCUT2D eigenvalue weighted by Crippen LogP contribution is 2.04. The number of nitrogens with zero attached hydrogens (tertiary/aromatic N) is 1. The van der Waals surface area contributed by atoms with Gasteiger partial charge in [-0.05, 0) is 12.8 Å². The molecule has 88 valence electrons. The average Bonchev–Trinajstić information content (AvgIpc) is 2.20. The summed E-state index contributed by atoms with van der Waals surface area (Å²) in [7, 11) is 0. The number of hydrogen-bond acceptors (Lipinski definition) is 2. The second-order valence-electron chi connectivity index (χ2n) is 3.88. The van der Waals surface area contributed by atoms with Crippen LogP contribution in [-0.2, 0) is 9.59 Å². The largest absolute Gasteiger partial charge is 0.283 e. The molecule has 0 aromatic carbocycles. The number of carbonyl (C=O) groups is 2. The molecule has 0 saturated heterocycles. The molecule has 0 aliphatic carbocycles. The Balaban J connectivity index is 4.01. The SMILES string of the molecule is CCCCCN(C(C)=O)C(=O)CCCC. The van der Waals surface area contributed by atoms with Crippen LogP contribution in [0, 0.1) is 0 Å². The van der Waals surface area contributed by atoms with E-state index < -0.39 is 0 Å². The molecule has 0 radical (unpaired) electrons. The summed E-state index contributed by atoms with van der Waals surface area (Å²) < 4.78 is 0. The van der Waals surface area contributed by atoms with Crippen molar-refractivity contribution in [2.75, 3.05) is 6.54 Å². The van der Waals surface area contributed by atoms with Crippen LogP contribution in [0.1, 0.15) is 59.3 Å². The first-order chi connectivity index (χ1) is 7.13. The maximum Gasteiger partial charge on any atom is 0.229 e. The van der Waals surface area contributed by atoms with E-state index >= 15 is 0 Å². The lowest BCUT2D eigenvalue weighted by Crippen LogP contribution is -2.35. The van der Waals surface area contributed by atoms with Crippen molar-refractivity contribution in [1.82, 2.24) is 4.90 Å². The Morgan fingerprint density at radius 2 is 1.60 bits per heavy atom. The quantitative estimate of drug-likeness (QED) is 0.610. The first-order valence-electron chi connectivity index (χ1n) is 5.94. The van der Waals surface area contributed by atoms with E-state index in [2.05, 4.69) is 6.92 Å². The third-order valence-electron chi connectivity index (χ3n) is 2.41. The van der Waals surface area contributed by atoms with Crippen LogP contribution in [0.3, 0.4) is 0 Å². The van der Waals surface area contributed by atoms with E-state index in [-0.39, 0.29) is 11.8 Å². The third-order valence-corrected chi connectivity index (χ3v) is 2.41. The highest BCUT2D eigenvalue weighted by atomic mass is 16.2. The number of carbonyl (C=O) groups excluding carboxylic acids is 2. The van der Waals surface area contributed by atoms with Gasteiger partial charge in [-0.1, -0.05) is 33.1 Å². The molecule has 3 heteroatoms. The van der Waals surface area contributed by atoms with Crippen molar-refractivity contribution >= 4 is 11.8 Å². The topological polar surface area (TPSA) is 37.4 Å². The summed E-state index contributed by atoms with van der Waals surface area (Å²) in [6.07, 6.45) is 5.47. The molecular formula is C12H23NO2. The van der Waals surface area contributed by atoms with Gasteiger partial charge in [-0.2, -0.15) is 0 Å². The summed E-state index contributed by atoms with van der Waals surface area (Å²) in [5, 5.41) is 0. The molecule has 0 fully saturated rings. The fourth-order valence-electron chi connectivity index (χ4n) is 1.44. The van der Waals surface area contributed by atoms with E-state index in [4.69, 9.17) is 0 Å². The zero-order valence-corrected chi connectivity index (χ0v) is 10.2. The van der Waals surface area contributed by atoms with E-state index in [0.717, 1.165) is 32.1 Å². The highest BCUT2D eigenvalue weighted by Gasteiger charge is 2.16. The predicted octanol–water partition coefficient (Wildman–Crippen LogP) is 2.74. The number of imide groups is 1. The summed E-state index contributed by atoms with van der Waals surface area (Å²) in [6, 6.07) is 0. The average molecular weight is 213 g/mol. The molecule has 0 saturated carbocycles.